The van der Waals surface area contributed by atoms with E-state index in [1.807, 2.05) is 13.8 Å². The van der Waals surface area contributed by atoms with Gasteiger partial charge in [-0.3, -0.25) is 0 Å². The lowest BCUT2D eigenvalue weighted by Crippen LogP contribution is -2.60. The lowest BCUT2D eigenvalue weighted by atomic mass is 10.0. The predicted octanol–water partition coefficient (Wildman–Crippen LogP) is 2.18. The van der Waals surface area contributed by atoms with Crippen LogP contribution in [-0.4, -0.2) is 36.1 Å². The molecule has 1 aliphatic rings. The number of rotatable bonds is 1. The van der Waals surface area contributed by atoms with Gasteiger partial charge in [-0.05, 0) is 26.0 Å². The van der Waals surface area contributed by atoms with Crippen molar-refractivity contribution in [1.82, 2.24) is 10.2 Å². The highest BCUT2D eigenvalue weighted by Gasteiger charge is 2.33. The zero-order chi connectivity index (χ0) is 14.0. The Morgan fingerprint density at radius 1 is 1.42 bits per heavy atom. The first-order valence-electron chi connectivity index (χ1n) is 6.14. The van der Waals surface area contributed by atoms with Crippen LogP contribution in [0.15, 0.2) is 18.2 Å². The fourth-order valence-electron chi connectivity index (χ4n) is 2.13. The molecule has 1 aromatic carbocycles. The van der Waals surface area contributed by atoms with Gasteiger partial charge in [0.25, 0.3) is 0 Å². The molecule has 1 fully saturated rings. The van der Waals surface area contributed by atoms with Crippen LogP contribution in [0.3, 0.4) is 0 Å². The van der Waals surface area contributed by atoms with E-state index in [9.17, 15) is 13.6 Å². The van der Waals surface area contributed by atoms with E-state index in [-0.39, 0.29) is 17.3 Å². The molecule has 2 amide bonds. The molecular formula is C13H17F2N3O. The second kappa shape index (κ2) is 5.13. The molecule has 0 bridgehead atoms. The van der Waals surface area contributed by atoms with E-state index in [0.29, 0.717) is 19.6 Å². The van der Waals surface area contributed by atoms with Crippen LogP contribution in [0.1, 0.15) is 13.8 Å². The topological polar surface area (TPSA) is 44.4 Å². The van der Waals surface area contributed by atoms with Crippen molar-refractivity contribution in [3.8, 4) is 0 Å². The number of amides is 2. The Balaban J connectivity index is 2.12. The summed E-state index contributed by atoms with van der Waals surface area (Å²) in [7, 11) is 0. The van der Waals surface area contributed by atoms with E-state index >= 15 is 0 Å². The van der Waals surface area contributed by atoms with Gasteiger partial charge in [-0.2, -0.15) is 0 Å². The molecule has 0 saturated carbocycles. The summed E-state index contributed by atoms with van der Waals surface area (Å²) >= 11 is 0. The summed E-state index contributed by atoms with van der Waals surface area (Å²) in [6.07, 6.45) is 0. The van der Waals surface area contributed by atoms with E-state index in [0.717, 1.165) is 12.1 Å². The molecule has 0 atom stereocenters. The van der Waals surface area contributed by atoms with Gasteiger partial charge in [-0.1, -0.05) is 0 Å². The summed E-state index contributed by atoms with van der Waals surface area (Å²) in [6, 6.07) is 2.70. The quantitative estimate of drug-likeness (QED) is 0.820. The van der Waals surface area contributed by atoms with E-state index in [4.69, 9.17) is 0 Å². The first kappa shape index (κ1) is 13.7. The Morgan fingerprint density at radius 2 is 2.16 bits per heavy atom. The maximum absolute atomic E-state index is 13.5. The van der Waals surface area contributed by atoms with Gasteiger partial charge in [0.1, 0.15) is 11.6 Å². The second-order valence-corrected chi connectivity index (χ2v) is 5.20. The highest BCUT2D eigenvalue weighted by molar-refractivity contribution is 5.90. The van der Waals surface area contributed by atoms with Crippen molar-refractivity contribution in [3.63, 3.8) is 0 Å². The third-order valence-corrected chi connectivity index (χ3v) is 3.22. The van der Waals surface area contributed by atoms with Crippen LogP contribution >= 0.6 is 0 Å². The van der Waals surface area contributed by atoms with E-state index in [2.05, 4.69) is 10.6 Å². The average molecular weight is 269 g/mol. The first-order valence-corrected chi connectivity index (χ1v) is 6.14. The number of urea groups is 1. The Morgan fingerprint density at radius 3 is 2.79 bits per heavy atom. The van der Waals surface area contributed by atoms with Crippen LogP contribution in [0.5, 0.6) is 0 Å². The molecule has 1 aromatic rings. The third kappa shape index (κ3) is 3.01. The Bertz CT molecular complexity index is 491. The molecule has 0 radical (unpaired) electrons. The Kier molecular flexibility index (Phi) is 3.71. The molecule has 0 aromatic heterocycles. The molecular weight excluding hydrogens is 252 g/mol. The van der Waals surface area contributed by atoms with Gasteiger partial charge in [0, 0.05) is 25.7 Å². The number of anilines is 1. The van der Waals surface area contributed by atoms with Crippen molar-refractivity contribution in [2.75, 3.05) is 25.0 Å². The van der Waals surface area contributed by atoms with Gasteiger partial charge in [0.05, 0.1) is 11.2 Å². The molecule has 104 valence electrons. The number of piperazine rings is 1. The van der Waals surface area contributed by atoms with Crippen LogP contribution in [0, 0.1) is 11.6 Å². The number of nitrogens with zero attached hydrogens (tertiary/aromatic N) is 1. The minimum absolute atomic E-state index is 0.0132. The van der Waals surface area contributed by atoms with Gasteiger partial charge in [-0.25, -0.2) is 13.6 Å². The van der Waals surface area contributed by atoms with Crippen LogP contribution < -0.4 is 10.6 Å². The average Bonchev–Trinajstić information content (AvgIpc) is 2.32. The predicted molar refractivity (Wildman–Crippen MR) is 69.0 cm³/mol. The highest BCUT2D eigenvalue weighted by Crippen LogP contribution is 2.20. The molecule has 1 saturated heterocycles. The fourth-order valence-corrected chi connectivity index (χ4v) is 2.13. The number of hydrogen-bond acceptors (Lipinski definition) is 2. The third-order valence-electron chi connectivity index (χ3n) is 3.22. The van der Waals surface area contributed by atoms with Crippen molar-refractivity contribution >= 4 is 11.7 Å². The summed E-state index contributed by atoms with van der Waals surface area (Å²) in [4.78, 5) is 13.8. The molecule has 0 unspecified atom stereocenters. The minimum Gasteiger partial charge on any atom is -0.317 e. The van der Waals surface area contributed by atoms with E-state index in [1.165, 1.54) is 6.07 Å². The number of hydrogen-bond donors (Lipinski definition) is 2. The second-order valence-electron chi connectivity index (χ2n) is 5.20. The molecule has 2 N–H and O–H groups in total. The van der Waals surface area contributed by atoms with Gasteiger partial charge in [-0.15, -0.1) is 0 Å². The molecule has 19 heavy (non-hydrogen) atoms. The number of carbonyl (C=O) groups excluding carboxylic acids is 1. The Labute approximate surface area is 110 Å². The molecule has 6 heteroatoms. The van der Waals surface area contributed by atoms with Gasteiger partial charge >= 0.3 is 6.03 Å². The number of carbonyl (C=O) groups is 1. The molecule has 0 aliphatic carbocycles. The highest BCUT2D eigenvalue weighted by atomic mass is 19.1. The number of nitrogens with one attached hydrogen (secondary N) is 2. The fraction of sp³-hybridized carbons (Fsp3) is 0.462. The van der Waals surface area contributed by atoms with Crippen LogP contribution in [0.25, 0.3) is 0 Å². The summed E-state index contributed by atoms with van der Waals surface area (Å²) in [6.45, 7) is 5.77. The zero-order valence-electron chi connectivity index (χ0n) is 11.0. The largest absolute Gasteiger partial charge is 0.322 e. The maximum Gasteiger partial charge on any atom is 0.322 e. The lowest BCUT2D eigenvalue weighted by Gasteiger charge is -2.42. The van der Waals surface area contributed by atoms with Crippen molar-refractivity contribution in [2.45, 2.75) is 19.4 Å². The minimum atomic E-state index is -0.777. The zero-order valence-corrected chi connectivity index (χ0v) is 11.0. The Hall–Kier alpha value is -1.69. The summed E-state index contributed by atoms with van der Waals surface area (Å²) in [5.41, 5.74) is -0.362. The van der Waals surface area contributed by atoms with E-state index < -0.39 is 11.6 Å². The number of halogens is 2. The maximum atomic E-state index is 13.5. The summed E-state index contributed by atoms with van der Waals surface area (Å²) in [5.74, 6) is -1.45. The van der Waals surface area contributed by atoms with Gasteiger partial charge in [0.15, 0.2) is 0 Å². The van der Waals surface area contributed by atoms with Crippen LogP contribution in [0.2, 0.25) is 0 Å². The van der Waals surface area contributed by atoms with Crippen LogP contribution in [-0.2, 0) is 0 Å². The van der Waals surface area contributed by atoms with Crippen molar-refractivity contribution in [1.29, 1.82) is 0 Å². The lowest BCUT2D eigenvalue weighted by molar-refractivity contribution is 0.123. The van der Waals surface area contributed by atoms with Gasteiger partial charge in [0.2, 0.25) is 0 Å². The first-order chi connectivity index (χ1) is 8.90. The summed E-state index contributed by atoms with van der Waals surface area (Å²) < 4.78 is 26.3. The molecule has 0 spiro atoms. The molecule has 2 rings (SSSR count). The number of benzene rings is 1. The van der Waals surface area contributed by atoms with Crippen LogP contribution in [0.4, 0.5) is 19.3 Å². The van der Waals surface area contributed by atoms with Crippen molar-refractivity contribution in [2.24, 2.45) is 0 Å². The SMILES string of the molecule is CC1(C)CNCCN1C(=O)Nc1ccc(F)cc1F. The van der Waals surface area contributed by atoms with Gasteiger partial charge < -0.3 is 15.5 Å². The summed E-state index contributed by atoms with van der Waals surface area (Å²) in [5, 5.41) is 5.68. The monoisotopic (exact) mass is 269 g/mol. The van der Waals surface area contributed by atoms with Crippen molar-refractivity contribution < 1.29 is 13.6 Å². The molecule has 4 nitrogen and oxygen atoms in total. The molecule has 1 aliphatic heterocycles. The smallest absolute Gasteiger partial charge is 0.317 e. The van der Waals surface area contributed by atoms with E-state index in [1.54, 1.807) is 4.90 Å². The standard InChI is InChI=1S/C13H17F2N3O/c1-13(2)8-16-5-6-18(13)12(19)17-11-4-3-9(14)7-10(11)15/h3-4,7,16H,5-6,8H2,1-2H3,(H,17,19). The van der Waals surface area contributed by atoms with Crippen molar-refractivity contribution in [3.05, 3.63) is 29.8 Å². The normalized spacial score (nSPS) is 18.2. The molecule has 1 heterocycles.